The molecular weight excluding hydrogens is 312 g/mol. The van der Waals surface area contributed by atoms with Gasteiger partial charge in [0.1, 0.15) is 0 Å². The third-order valence-corrected chi connectivity index (χ3v) is 5.71. The van der Waals surface area contributed by atoms with E-state index < -0.39 is 0 Å². The molecule has 4 rings (SSSR count). The number of fused-ring (bicyclic) bond motifs is 2. The number of benzene rings is 1. The van der Waals surface area contributed by atoms with Gasteiger partial charge < -0.3 is 10.2 Å². The predicted molar refractivity (Wildman–Crippen MR) is 97.9 cm³/mol. The van der Waals surface area contributed by atoms with Gasteiger partial charge in [0.05, 0.1) is 17.8 Å². The molecule has 1 amide bonds. The molecule has 25 heavy (non-hydrogen) atoms. The average Bonchev–Trinajstić information content (AvgIpc) is 3.04. The summed E-state index contributed by atoms with van der Waals surface area (Å²) in [6.45, 7) is 6.03. The number of nitrogens with one attached hydrogen (secondary N) is 1. The molecule has 2 unspecified atom stereocenters. The van der Waals surface area contributed by atoms with Crippen molar-refractivity contribution in [3.05, 3.63) is 47.3 Å². The number of carbonyl (C=O) groups excluding carboxylic acids is 1. The van der Waals surface area contributed by atoms with Crippen LogP contribution in [0.15, 0.2) is 30.3 Å². The number of rotatable bonds is 3. The molecule has 2 bridgehead atoms. The van der Waals surface area contributed by atoms with Crippen molar-refractivity contribution in [2.24, 2.45) is 0 Å². The molecule has 2 aromatic rings. The van der Waals surface area contributed by atoms with Crippen LogP contribution in [-0.4, -0.2) is 45.8 Å². The van der Waals surface area contributed by atoms with Gasteiger partial charge in [-0.2, -0.15) is 5.10 Å². The van der Waals surface area contributed by atoms with Crippen LogP contribution in [0.5, 0.6) is 0 Å². The highest BCUT2D eigenvalue weighted by Crippen LogP contribution is 2.29. The Morgan fingerprint density at radius 3 is 2.72 bits per heavy atom. The summed E-state index contributed by atoms with van der Waals surface area (Å²) in [5, 5.41) is 8.15. The first-order valence-corrected chi connectivity index (χ1v) is 9.27. The third kappa shape index (κ3) is 2.97. The van der Waals surface area contributed by atoms with E-state index in [1.807, 2.05) is 41.9 Å². The lowest BCUT2D eigenvalue weighted by molar-refractivity contribution is -0.133. The van der Waals surface area contributed by atoms with Crippen molar-refractivity contribution >= 4 is 5.91 Å². The second-order valence-corrected chi connectivity index (χ2v) is 7.25. The van der Waals surface area contributed by atoms with Crippen LogP contribution in [0.25, 0.3) is 5.69 Å². The lowest BCUT2D eigenvalue weighted by atomic mass is 10.1. The third-order valence-electron chi connectivity index (χ3n) is 5.71. The number of amides is 1. The molecule has 2 saturated heterocycles. The number of aromatic nitrogens is 2. The van der Waals surface area contributed by atoms with Crippen LogP contribution in [0.4, 0.5) is 0 Å². The van der Waals surface area contributed by atoms with Crippen LogP contribution in [0, 0.1) is 13.8 Å². The second kappa shape index (κ2) is 6.64. The van der Waals surface area contributed by atoms with Gasteiger partial charge in [0.25, 0.3) is 0 Å². The van der Waals surface area contributed by atoms with E-state index in [-0.39, 0.29) is 5.91 Å². The molecule has 2 aliphatic rings. The van der Waals surface area contributed by atoms with E-state index in [1.165, 1.54) is 0 Å². The fraction of sp³-hybridized carbons (Fsp3) is 0.500. The van der Waals surface area contributed by atoms with Crippen molar-refractivity contribution in [1.29, 1.82) is 0 Å². The monoisotopic (exact) mass is 338 g/mol. The molecule has 1 aromatic heterocycles. The maximum atomic E-state index is 13.1. The summed E-state index contributed by atoms with van der Waals surface area (Å²) in [5.41, 5.74) is 4.14. The van der Waals surface area contributed by atoms with Crippen molar-refractivity contribution in [3.63, 3.8) is 0 Å². The molecule has 2 fully saturated rings. The Balaban J connectivity index is 1.59. The standard InChI is InChI=1S/C20H26N4O/c1-14-19(15(2)24(22-14)17-6-4-3-5-7-17)12-20(25)23-16-8-9-18(23)13-21-11-10-16/h3-7,16,18,21H,8-13H2,1-2H3. The second-order valence-electron chi connectivity index (χ2n) is 7.25. The van der Waals surface area contributed by atoms with Crippen LogP contribution in [0.3, 0.4) is 0 Å². The average molecular weight is 338 g/mol. The Labute approximate surface area is 149 Å². The topological polar surface area (TPSA) is 50.2 Å². The fourth-order valence-electron chi connectivity index (χ4n) is 4.38. The lowest BCUT2D eigenvalue weighted by Crippen LogP contribution is -2.43. The Kier molecular flexibility index (Phi) is 4.34. The van der Waals surface area contributed by atoms with Crippen LogP contribution in [-0.2, 0) is 11.2 Å². The van der Waals surface area contributed by atoms with Gasteiger partial charge >= 0.3 is 0 Å². The van der Waals surface area contributed by atoms with Crippen LogP contribution >= 0.6 is 0 Å². The highest BCUT2D eigenvalue weighted by atomic mass is 16.2. The molecule has 0 saturated carbocycles. The summed E-state index contributed by atoms with van der Waals surface area (Å²) >= 11 is 0. The summed E-state index contributed by atoms with van der Waals surface area (Å²) in [6, 6.07) is 10.9. The highest BCUT2D eigenvalue weighted by Gasteiger charge is 2.38. The molecule has 132 valence electrons. The van der Waals surface area contributed by atoms with Gasteiger partial charge in [-0.1, -0.05) is 18.2 Å². The summed E-state index contributed by atoms with van der Waals surface area (Å²) < 4.78 is 1.95. The fourth-order valence-corrected chi connectivity index (χ4v) is 4.38. The molecule has 0 spiro atoms. The normalized spacial score (nSPS) is 22.9. The van der Waals surface area contributed by atoms with E-state index >= 15 is 0 Å². The molecule has 5 nitrogen and oxygen atoms in total. The first-order valence-electron chi connectivity index (χ1n) is 9.27. The molecule has 1 aromatic carbocycles. The van der Waals surface area contributed by atoms with Crippen molar-refractivity contribution in [2.75, 3.05) is 13.1 Å². The van der Waals surface area contributed by atoms with Crippen LogP contribution in [0.1, 0.15) is 36.2 Å². The van der Waals surface area contributed by atoms with Crippen molar-refractivity contribution in [2.45, 2.75) is 51.6 Å². The molecule has 1 N–H and O–H groups in total. The van der Waals surface area contributed by atoms with E-state index in [0.717, 1.165) is 55.0 Å². The summed E-state index contributed by atoms with van der Waals surface area (Å²) in [6.07, 6.45) is 3.81. The quantitative estimate of drug-likeness (QED) is 0.935. The maximum Gasteiger partial charge on any atom is 0.227 e. The highest BCUT2D eigenvalue weighted by molar-refractivity contribution is 5.80. The molecular formula is C20H26N4O. The molecule has 0 radical (unpaired) electrons. The van der Waals surface area contributed by atoms with Crippen molar-refractivity contribution in [3.8, 4) is 5.69 Å². The van der Waals surface area contributed by atoms with Gasteiger partial charge in [-0.3, -0.25) is 4.79 Å². The smallest absolute Gasteiger partial charge is 0.227 e. The molecule has 2 atom stereocenters. The number of carbonyl (C=O) groups is 1. The van der Waals surface area contributed by atoms with E-state index in [2.05, 4.69) is 22.2 Å². The van der Waals surface area contributed by atoms with Crippen LogP contribution < -0.4 is 5.32 Å². The van der Waals surface area contributed by atoms with Crippen LogP contribution in [0.2, 0.25) is 0 Å². The van der Waals surface area contributed by atoms with Gasteiger partial charge in [0, 0.05) is 29.9 Å². The minimum Gasteiger partial charge on any atom is -0.335 e. The number of aryl methyl sites for hydroxylation is 1. The van der Waals surface area contributed by atoms with Crippen molar-refractivity contribution < 1.29 is 4.79 Å². The number of para-hydroxylation sites is 1. The molecule has 2 aliphatic heterocycles. The zero-order valence-electron chi connectivity index (χ0n) is 15.0. The molecule has 0 aliphatic carbocycles. The number of hydrogen-bond donors (Lipinski definition) is 1. The minimum absolute atomic E-state index is 0.259. The Morgan fingerprint density at radius 2 is 1.92 bits per heavy atom. The minimum atomic E-state index is 0.259. The summed E-state index contributed by atoms with van der Waals surface area (Å²) in [7, 11) is 0. The van der Waals surface area contributed by atoms with E-state index in [9.17, 15) is 4.79 Å². The Bertz CT molecular complexity index is 754. The van der Waals surface area contributed by atoms with Gasteiger partial charge in [0.2, 0.25) is 5.91 Å². The lowest BCUT2D eigenvalue weighted by Gasteiger charge is -2.28. The van der Waals surface area contributed by atoms with E-state index in [0.29, 0.717) is 18.5 Å². The van der Waals surface area contributed by atoms with E-state index in [1.54, 1.807) is 0 Å². The maximum absolute atomic E-state index is 13.1. The van der Waals surface area contributed by atoms with Gasteiger partial charge in [0.15, 0.2) is 0 Å². The van der Waals surface area contributed by atoms with E-state index in [4.69, 9.17) is 0 Å². The molecule has 3 heterocycles. The van der Waals surface area contributed by atoms with Gasteiger partial charge in [-0.25, -0.2) is 4.68 Å². The van der Waals surface area contributed by atoms with Gasteiger partial charge in [-0.05, 0) is 51.8 Å². The zero-order chi connectivity index (χ0) is 17.4. The number of hydrogen-bond acceptors (Lipinski definition) is 3. The Morgan fingerprint density at radius 1 is 1.16 bits per heavy atom. The number of nitrogens with zero attached hydrogens (tertiary/aromatic N) is 3. The van der Waals surface area contributed by atoms with Gasteiger partial charge in [-0.15, -0.1) is 0 Å². The largest absolute Gasteiger partial charge is 0.335 e. The zero-order valence-corrected chi connectivity index (χ0v) is 15.0. The Hall–Kier alpha value is -2.14. The first kappa shape index (κ1) is 16.3. The summed E-state index contributed by atoms with van der Waals surface area (Å²) in [5.74, 6) is 0.259. The first-order chi connectivity index (χ1) is 12.1. The van der Waals surface area contributed by atoms with Crippen molar-refractivity contribution in [1.82, 2.24) is 20.0 Å². The SMILES string of the molecule is Cc1nn(-c2ccccc2)c(C)c1CC(=O)N1C2CCNCC1CC2. The molecule has 5 heteroatoms. The summed E-state index contributed by atoms with van der Waals surface area (Å²) in [4.78, 5) is 15.3. The predicted octanol–water partition coefficient (Wildman–Crippen LogP) is 2.38.